The van der Waals surface area contributed by atoms with Crippen LogP contribution in [-0.4, -0.2) is 27.1 Å². The molecule has 5 nitrogen and oxygen atoms in total. The lowest BCUT2D eigenvalue weighted by Gasteiger charge is -2.08. The number of hydrogen-bond acceptors (Lipinski definition) is 4. The molecule has 0 aliphatic heterocycles. The molecule has 0 saturated carbocycles. The van der Waals surface area contributed by atoms with E-state index in [0.29, 0.717) is 6.61 Å². The van der Waals surface area contributed by atoms with Crippen LogP contribution in [0.1, 0.15) is 37.3 Å². The molecule has 0 amide bonds. The van der Waals surface area contributed by atoms with E-state index in [1.807, 2.05) is 0 Å². The van der Waals surface area contributed by atoms with Crippen LogP contribution >= 0.6 is 11.8 Å². The van der Waals surface area contributed by atoms with Gasteiger partial charge < -0.3 is 4.74 Å². The monoisotopic (exact) mass is 335 g/mol. The number of ether oxygens (including phenoxy) is 1. The number of nitrogens with zero attached hydrogens (tertiary/aromatic N) is 2. The Hall–Kier alpha value is -1.69. The summed E-state index contributed by atoms with van der Waals surface area (Å²) in [7, 11) is 0. The lowest BCUT2D eigenvalue weighted by atomic mass is 10.1. The summed E-state index contributed by atoms with van der Waals surface area (Å²) >= 11 is 1.60. The molecule has 2 aromatic rings. The number of nitrogens with one attached hydrogen (secondary N) is 1. The molecule has 0 fully saturated rings. The van der Waals surface area contributed by atoms with Crippen LogP contribution < -0.4 is 10.4 Å². The van der Waals surface area contributed by atoms with Gasteiger partial charge in [0.2, 0.25) is 0 Å². The molecule has 23 heavy (non-hydrogen) atoms. The van der Waals surface area contributed by atoms with Crippen molar-refractivity contribution < 1.29 is 4.74 Å². The Balaban J connectivity index is 1.76. The molecule has 0 spiro atoms. The lowest BCUT2D eigenvalue weighted by Crippen LogP contribution is -2.17. The van der Waals surface area contributed by atoms with E-state index in [2.05, 4.69) is 49.2 Å². The molecular weight excluding hydrogens is 310 g/mol. The number of aryl methyl sites for hydroxylation is 2. The molecule has 2 rings (SSSR count). The largest absolute Gasteiger partial charge is 0.494 e. The van der Waals surface area contributed by atoms with Crippen LogP contribution in [0.4, 0.5) is 0 Å². The third kappa shape index (κ3) is 5.46. The highest BCUT2D eigenvalue weighted by Gasteiger charge is 2.08. The Labute approximate surface area is 141 Å². The number of H-pyrrole nitrogens is 1. The summed E-state index contributed by atoms with van der Waals surface area (Å²) in [6, 6.07) is 6.24. The van der Waals surface area contributed by atoms with Crippen LogP contribution in [0.3, 0.4) is 0 Å². The average molecular weight is 335 g/mol. The second-order valence-electron chi connectivity index (χ2n) is 5.69. The number of thioether (sulfide) groups is 1. The first-order valence-corrected chi connectivity index (χ1v) is 9.08. The molecule has 0 saturated heterocycles. The van der Waals surface area contributed by atoms with Crippen LogP contribution in [0.2, 0.25) is 0 Å². The molecule has 0 bridgehead atoms. The van der Waals surface area contributed by atoms with Crippen molar-refractivity contribution >= 4 is 11.8 Å². The predicted octanol–water partition coefficient (Wildman–Crippen LogP) is 3.55. The molecule has 1 aromatic carbocycles. The molecule has 0 aliphatic rings. The summed E-state index contributed by atoms with van der Waals surface area (Å²) in [5.41, 5.74) is 2.31. The maximum Gasteiger partial charge on any atom is 0.343 e. The Bertz CT molecular complexity index is 658. The molecule has 1 N–H and O–H groups in total. The van der Waals surface area contributed by atoms with E-state index in [1.54, 1.807) is 16.3 Å². The summed E-state index contributed by atoms with van der Waals surface area (Å²) in [5.74, 6) is 1.80. The molecule has 1 heterocycles. The molecule has 0 radical (unpaired) electrons. The third-order valence-electron chi connectivity index (χ3n) is 3.44. The Kier molecular flexibility index (Phi) is 6.77. The van der Waals surface area contributed by atoms with Gasteiger partial charge in [-0.1, -0.05) is 31.2 Å². The number of benzene rings is 1. The molecule has 6 heteroatoms. The minimum Gasteiger partial charge on any atom is -0.494 e. The van der Waals surface area contributed by atoms with Crippen LogP contribution in [-0.2, 0) is 6.54 Å². The standard InChI is InChI=1S/C17H25N3O2S/c1-4-5-7-20-16(21)18-19-17(20)23-9-6-8-22-15-11-13(2)10-14(3)12-15/h10-12H,4-9H2,1-3H3,(H,18,21). The van der Waals surface area contributed by atoms with E-state index in [1.165, 1.54) is 11.1 Å². The number of hydrogen-bond donors (Lipinski definition) is 1. The zero-order valence-electron chi connectivity index (χ0n) is 14.1. The van der Waals surface area contributed by atoms with Crippen molar-refractivity contribution in [2.45, 2.75) is 51.7 Å². The van der Waals surface area contributed by atoms with Gasteiger partial charge in [0.25, 0.3) is 0 Å². The summed E-state index contributed by atoms with van der Waals surface area (Å²) < 4.78 is 7.52. The fourth-order valence-corrected chi connectivity index (χ4v) is 3.24. The van der Waals surface area contributed by atoms with Gasteiger partial charge in [-0.05, 0) is 49.9 Å². The zero-order valence-corrected chi connectivity index (χ0v) is 14.9. The second kappa shape index (κ2) is 8.82. The van der Waals surface area contributed by atoms with Crippen molar-refractivity contribution in [3.63, 3.8) is 0 Å². The highest BCUT2D eigenvalue weighted by molar-refractivity contribution is 7.99. The molecule has 0 aliphatic carbocycles. The number of aromatic nitrogens is 3. The van der Waals surface area contributed by atoms with E-state index in [4.69, 9.17) is 4.74 Å². The number of aromatic amines is 1. The van der Waals surface area contributed by atoms with Crippen molar-refractivity contribution in [2.24, 2.45) is 0 Å². The summed E-state index contributed by atoms with van der Waals surface area (Å²) in [4.78, 5) is 11.7. The van der Waals surface area contributed by atoms with E-state index < -0.39 is 0 Å². The highest BCUT2D eigenvalue weighted by Crippen LogP contribution is 2.18. The van der Waals surface area contributed by atoms with Crippen LogP contribution in [0.25, 0.3) is 0 Å². The molecule has 1 aromatic heterocycles. The van der Waals surface area contributed by atoms with Crippen molar-refractivity contribution in [1.29, 1.82) is 0 Å². The van der Waals surface area contributed by atoms with E-state index in [-0.39, 0.29) is 5.69 Å². The van der Waals surface area contributed by atoms with Gasteiger partial charge in [0.15, 0.2) is 5.16 Å². The van der Waals surface area contributed by atoms with Gasteiger partial charge >= 0.3 is 5.69 Å². The second-order valence-corrected chi connectivity index (χ2v) is 6.75. The maximum atomic E-state index is 11.7. The first-order chi connectivity index (χ1) is 11.1. The first-order valence-electron chi connectivity index (χ1n) is 8.09. The summed E-state index contributed by atoms with van der Waals surface area (Å²) in [5, 5.41) is 7.40. The van der Waals surface area contributed by atoms with Gasteiger partial charge in [-0.25, -0.2) is 9.89 Å². The van der Waals surface area contributed by atoms with Crippen molar-refractivity contribution in [1.82, 2.24) is 14.8 Å². The van der Waals surface area contributed by atoms with Crippen molar-refractivity contribution in [3.05, 3.63) is 39.8 Å². The quantitative estimate of drug-likeness (QED) is 0.562. The number of rotatable bonds is 9. The lowest BCUT2D eigenvalue weighted by molar-refractivity contribution is 0.318. The third-order valence-corrected chi connectivity index (χ3v) is 4.50. The first kappa shape index (κ1) is 17.7. The summed E-state index contributed by atoms with van der Waals surface area (Å²) in [6.07, 6.45) is 2.96. The fourth-order valence-electron chi connectivity index (χ4n) is 2.36. The zero-order chi connectivity index (χ0) is 16.7. The van der Waals surface area contributed by atoms with E-state index in [0.717, 1.165) is 42.5 Å². The van der Waals surface area contributed by atoms with Crippen molar-refractivity contribution in [3.8, 4) is 5.75 Å². The van der Waals surface area contributed by atoms with Crippen molar-refractivity contribution in [2.75, 3.05) is 12.4 Å². The Morgan fingerprint density at radius 1 is 1.22 bits per heavy atom. The van der Waals surface area contributed by atoms with Gasteiger partial charge in [-0.3, -0.25) is 4.57 Å². The topological polar surface area (TPSA) is 59.9 Å². The molecule has 0 unspecified atom stereocenters. The fraction of sp³-hybridized carbons (Fsp3) is 0.529. The van der Waals surface area contributed by atoms with Gasteiger partial charge in [0.1, 0.15) is 5.75 Å². The van der Waals surface area contributed by atoms with Crippen LogP contribution in [0, 0.1) is 13.8 Å². The van der Waals surface area contributed by atoms with Gasteiger partial charge in [0, 0.05) is 12.3 Å². The normalized spacial score (nSPS) is 10.9. The minimum atomic E-state index is -0.118. The Morgan fingerprint density at radius 2 is 1.96 bits per heavy atom. The SMILES string of the molecule is CCCCn1c(SCCCOc2cc(C)cc(C)c2)n[nH]c1=O. The molecule has 0 atom stereocenters. The van der Waals surface area contributed by atoms with Crippen LogP contribution in [0.5, 0.6) is 5.75 Å². The maximum absolute atomic E-state index is 11.7. The van der Waals surface area contributed by atoms with E-state index in [9.17, 15) is 4.79 Å². The average Bonchev–Trinajstić information content (AvgIpc) is 2.84. The smallest absolute Gasteiger partial charge is 0.343 e. The Morgan fingerprint density at radius 3 is 2.65 bits per heavy atom. The van der Waals surface area contributed by atoms with Gasteiger partial charge in [-0.15, -0.1) is 5.10 Å². The molecular formula is C17H25N3O2S. The van der Waals surface area contributed by atoms with Gasteiger partial charge in [-0.2, -0.15) is 0 Å². The van der Waals surface area contributed by atoms with Gasteiger partial charge in [0.05, 0.1) is 6.61 Å². The number of unbranched alkanes of at least 4 members (excludes halogenated alkanes) is 1. The predicted molar refractivity (Wildman–Crippen MR) is 94.5 cm³/mol. The van der Waals surface area contributed by atoms with E-state index >= 15 is 0 Å². The van der Waals surface area contributed by atoms with Crippen LogP contribution in [0.15, 0.2) is 28.2 Å². The summed E-state index contributed by atoms with van der Waals surface area (Å²) in [6.45, 7) is 7.65. The highest BCUT2D eigenvalue weighted by atomic mass is 32.2. The minimum absolute atomic E-state index is 0.118. The molecule has 126 valence electrons.